The fourth-order valence-electron chi connectivity index (χ4n) is 2.57. The first-order valence-electron chi connectivity index (χ1n) is 6.23. The van der Waals surface area contributed by atoms with Crippen LogP contribution in [0.4, 0.5) is 0 Å². The van der Waals surface area contributed by atoms with Crippen LogP contribution in [0.3, 0.4) is 0 Å². The lowest BCUT2D eigenvalue weighted by Crippen LogP contribution is -1.76. The Morgan fingerprint density at radius 3 is 1.56 bits per heavy atom. The van der Waals surface area contributed by atoms with Crippen LogP contribution in [-0.4, -0.2) is 0 Å². The van der Waals surface area contributed by atoms with Crippen LogP contribution in [0.1, 0.15) is 22.3 Å². The topological polar surface area (TPSA) is 0 Å². The smallest absolute Gasteiger partial charge is 0.00264 e. The summed E-state index contributed by atoms with van der Waals surface area (Å²) in [6.45, 7) is 0. The Labute approximate surface area is 107 Å². The minimum Gasteiger partial charge on any atom is -0.0616 e. The lowest BCUT2D eigenvalue weighted by Gasteiger charge is -1.96. The van der Waals surface area contributed by atoms with Crippen LogP contribution in [0.25, 0.3) is 17.7 Å². The molecule has 0 heteroatoms. The SMILES string of the molecule is C1=Cc2ccccc2C=CC1=C1c2ccccc21. The van der Waals surface area contributed by atoms with Crippen LogP contribution < -0.4 is 0 Å². The third-order valence-corrected chi connectivity index (χ3v) is 3.57. The highest BCUT2D eigenvalue weighted by atomic mass is 14.3. The standard InChI is InChI=1S/C18H12/c1-2-6-14-10-12-15(11-9-13(14)5-1)18-16-7-3-4-8-17(16)18/h1-12H. The summed E-state index contributed by atoms with van der Waals surface area (Å²) in [7, 11) is 0. The Morgan fingerprint density at radius 2 is 1.00 bits per heavy atom. The Hall–Kier alpha value is -2.34. The molecule has 0 heterocycles. The Balaban J connectivity index is 1.84. The van der Waals surface area contributed by atoms with E-state index in [1.807, 2.05) is 0 Å². The van der Waals surface area contributed by atoms with Gasteiger partial charge in [-0.25, -0.2) is 0 Å². The summed E-state index contributed by atoms with van der Waals surface area (Å²) in [6.07, 6.45) is 8.85. The van der Waals surface area contributed by atoms with Gasteiger partial charge in [0, 0.05) is 0 Å². The van der Waals surface area contributed by atoms with E-state index >= 15 is 0 Å². The summed E-state index contributed by atoms with van der Waals surface area (Å²) < 4.78 is 0. The van der Waals surface area contributed by atoms with Gasteiger partial charge in [-0.3, -0.25) is 0 Å². The van der Waals surface area contributed by atoms with Crippen molar-refractivity contribution in [1.29, 1.82) is 0 Å². The van der Waals surface area contributed by atoms with E-state index in [9.17, 15) is 0 Å². The maximum absolute atomic E-state index is 2.22. The van der Waals surface area contributed by atoms with Crippen molar-refractivity contribution >= 4 is 17.7 Å². The summed E-state index contributed by atoms with van der Waals surface area (Å²) in [6, 6.07) is 17.1. The maximum Gasteiger partial charge on any atom is -0.00264 e. The summed E-state index contributed by atoms with van der Waals surface area (Å²) in [5.74, 6) is 0. The molecule has 0 saturated heterocycles. The summed E-state index contributed by atoms with van der Waals surface area (Å²) in [5.41, 5.74) is 8.08. The zero-order chi connectivity index (χ0) is 11.9. The Kier molecular flexibility index (Phi) is 1.92. The van der Waals surface area contributed by atoms with Crippen molar-refractivity contribution in [3.8, 4) is 0 Å². The van der Waals surface area contributed by atoms with Crippen molar-refractivity contribution in [3.63, 3.8) is 0 Å². The van der Waals surface area contributed by atoms with Crippen LogP contribution in [0.5, 0.6) is 0 Å². The third-order valence-electron chi connectivity index (χ3n) is 3.57. The molecule has 0 radical (unpaired) electrons. The van der Waals surface area contributed by atoms with Crippen LogP contribution in [0.2, 0.25) is 0 Å². The Bertz CT molecular complexity index is 667. The highest BCUT2D eigenvalue weighted by Crippen LogP contribution is 2.45. The van der Waals surface area contributed by atoms with E-state index in [0.29, 0.717) is 0 Å². The molecule has 0 fully saturated rings. The number of allylic oxidation sites excluding steroid dienone is 3. The fraction of sp³-hybridized carbons (Fsp3) is 0. The quantitative estimate of drug-likeness (QED) is 0.530. The molecule has 2 aromatic rings. The number of benzene rings is 2. The number of hydrogen-bond donors (Lipinski definition) is 0. The monoisotopic (exact) mass is 228 g/mol. The van der Waals surface area contributed by atoms with Gasteiger partial charge in [0.2, 0.25) is 0 Å². The molecule has 0 spiro atoms. The van der Waals surface area contributed by atoms with Crippen molar-refractivity contribution in [2.45, 2.75) is 0 Å². The molecule has 0 N–H and O–H groups in total. The molecule has 4 rings (SSSR count). The summed E-state index contributed by atoms with van der Waals surface area (Å²) in [5, 5.41) is 0. The molecule has 18 heavy (non-hydrogen) atoms. The first kappa shape index (κ1) is 9.67. The van der Waals surface area contributed by atoms with Crippen LogP contribution in [0, 0.1) is 0 Å². The Morgan fingerprint density at radius 1 is 0.500 bits per heavy atom. The first-order chi connectivity index (χ1) is 8.93. The first-order valence-corrected chi connectivity index (χ1v) is 6.23. The highest BCUT2D eigenvalue weighted by molar-refractivity contribution is 6.04. The van der Waals surface area contributed by atoms with Gasteiger partial charge in [-0.15, -0.1) is 0 Å². The molecule has 84 valence electrons. The third kappa shape index (κ3) is 1.39. The van der Waals surface area contributed by atoms with Crippen LogP contribution in [0.15, 0.2) is 66.3 Å². The van der Waals surface area contributed by atoms with E-state index < -0.39 is 0 Å². The van der Waals surface area contributed by atoms with E-state index in [1.54, 1.807) is 0 Å². The van der Waals surface area contributed by atoms with E-state index in [0.717, 1.165) is 0 Å². The molecule has 0 amide bonds. The van der Waals surface area contributed by atoms with Gasteiger partial charge in [-0.2, -0.15) is 0 Å². The van der Waals surface area contributed by atoms with Crippen molar-refractivity contribution in [2.24, 2.45) is 0 Å². The average Bonchev–Trinajstić information content (AvgIpc) is 3.16. The molecular formula is C18H12. The van der Waals surface area contributed by atoms with Crippen molar-refractivity contribution in [2.75, 3.05) is 0 Å². The normalized spacial score (nSPS) is 15.1. The largest absolute Gasteiger partial charge is 0.0616 e. The summed E-state index contributed by atoms with van der Waals surface area (Å²) >= 11 is 0. The molecule has 0 bridgehead atoms. The zero-order valence-corrected chi connectivity index (χ0v) is 9.93. The predicted molar refractivity (Wildman–Crippen MR) is 77.0 cm³/mol. The maximum atomic E-state index is 2.22. The number of fused-ring (bicyclic) bond motifs is 2. The molecule has 2 aromatic carbocycles. The van der Waals surface area contributed by atoms with E-state index in [-0.39, 0.29) is 0 Å². The molecular weight excluding hydrogens is 216 g/mol. The molecule has 2 aliphatic rings. The highest BCUT2D eigenvalue weighted by Gasteiger charge is 2.26. The van der Waals surface area contributed by atoms with Crippen LogP contribution >= 0.6 is 0 Å². The van der Waals surface area contributed by atoms with Gasteiger partial charge in [-0.05, 0) is 33.4 Å². The van der Waals surface area contributed by atoms with Gasteiger partial charge < -0.3 is 0 Å². The molecule has 0 aromatic heterocycles. The number of rotatable bonds is 0. The van der Waals surface area contributed by atoms with E-state index in [2.05, 4.69) is 72.8 Å². The van der Waals surface area contributed by atoms with Gasteiger partial charge >= 0.3 is 0 Å². The van der Waals surface area contributed by atoms with Crippen LogP contribution in [-0.2, 0) is 0 Å². The predicted octanol–water partition coefficient (Wildman–Crippen LogP) is 4.54. The van der Waals surface area contributed by atoms with Gasteiger partial charge in [0.25, 0.3) is 0 Å². The molecule has 2 aliphatic carbocycles. The minimum absolute atomic E-state index is 1.29. The second-order valence-electron chi connectivity index (χ2n) is 4.67. The lowest BCUT2D eigenvalue weighted by molar-refractivity contribution is 1.62. The summed E-state index contributed by atoms with van der Waals surface area (Å²) in [4.78, 5) is 0. The molecule has 0 atom stereocenters. The van der Waals surface area contributed by atoms with E-state index in [4.69, 9.17) is 0 Å². The molecule has 0 nitrogen and oxygen atoms in total. The second kappa shape index (κ2) is 3.58. The fourth-order valence-corrected chi connectivity index (χ4v) is 2.57. The van der Waals surface area contributed by atoms with Gasteiger partial charge in [-0.1, -0.05) is 72.8 Å². The second-order valence-corrected chi connectivity index (χ2v) is 4.67. The van der Waals surface area contributed by atoms with Crippen molar-refractivity contribution in [1.82, 2.24) is 0 Å². The zero-order valence-electron chi connectivity index (χ0n) is 9.93. The minimum atomic E-state index is 1.29. The van der Waals surface area contributed by atoms with Gasteiger partial charge in [0.15, 0.2) is 0 Å². The lowest BCUT2D eigenvalue weighted by atomic mass is 10.1. The van der Waals surface area contributed by atoms with E-state index in [1.165, 1.54) is 33.4 Å². The number of hydrogen-bond acceptors (Lipinski definition) is 0. The average molecular weight is 228 g/mol. The molecule has 0 unspecified atom stereocenters. The van der Waals surface area contributed by atoms with Crippen molar-refractivity contribution in [3.05, 3.63) is 88.5 Å². The van der Waals surface area contributed by atoms with Gasteiger partial charge in [0.1, 0.15) is 0 Å². The molecule has 0 aliphatic heterocycles. The van der Waals surface area contributed by atoms with Crippen molar-refractivity contribution < 1.29 is 0 Å². The molecule has 0 saturated carbocycles. The van der Waals surface area contributed by atoms with Gasteiger partial charge in [0.05, 0.1) is 0 Å².